The molecule has 156 valence electrons. The SMILES string of the molecule is CCOc1ccc(C2(C#Cc3ccc4cccc(C(=COC)C(=O)O)c4c3)CC2)cc1. The lowest BCUT2D eigenvalue weighted by atomic mass is 9.95. The highest BCUT2D eigenvalue weighted by atomic mass is 16.5. The van der Waals surface area contributed by atoms with Crippen molar-refractivity contribution in [1.82, 2.24) is 0 Å². The minimum absolute atomic E-state index is 0.110. The molecule has 0 aliphatic heterocycles. The molecule has 1 aliphatic rings. The van der Waals surface area contributed by atoms with Crippen LogP contribution in [0.4, 0.5) is 0 Å². The van der Waals surface area contributed by atoms with E-state index in [0.29, 0.717) is 12.2 Å². The third kappa shape index (κ3) is 4.27. The summed E-state index contributed by atoms with van der Waals surface area (Å²) in [6.07, 6.45) is 3.33. The summed E-state index contributed by atoms with van der Waals surface area (Å²) < 4.78 is 10.5. The fourth-order valence-corrected chi connectivity index (χ4v) is 3.77. The van der Waals surface area contributed by atoms with Crippen molar-refractivity contribution in [3.63, 3.8) is 0 Å². The first kappa shape index (κ1) is 20.6. The van der Waals surface area contributed by atoms with Gasteiger partial charge in [0.1, 0.15) is 11.3 Å². The van der Waals surface area contributed by atoms with Crippen LogP contribution in [0, 0.1) is 11.8 Å². The van der Waals surface area contributed by atoms with Gasteiger partial charge < -0.3 is 14.6 Å². The molecule has 3 aromatic rings. The van der Waals surface area contributed by atoms with Crippen LogP contribution in [0.5, 0.6) is 5.75 Å². The number of fused-ring (bicyclic) bond motifs is 1. The maximum atomic E-state index is 11.7. The summed E-state index contributed by atoms with van der Waals surface area (Å²) in [5.74, 6) is 6.64. The standard InChI is InChI=1S/C27H24O4/c1-3-31-22-11-9-21(10-12-22)27(15-16-27)14-13-19-7-8-20-5-4-6-23(24(20)17-19)25(18-30-2)26(28)29/h4-12,17-18H,3,15-16H2,1-2H3,(H,28,29). The first-order valence-electron chi connectivity index (χ1n) is 10.3. The molecular formula is C27H24O4. The zero-order valence-electron chi connectivity index (χ0n) is 17.6. The second kappa shape index (κ2) is 8.57. The number of hydrogen-bond acceptors (Lipinski definition) is 3. The van der Waals surface area contributed by atoms with Crippen LogP contribution in [0.1, 0.15) is 36.5 Å². The van der Waals surface area contributed by atoms with E-state index in [1.54, 1.807) is 6.07 Å². The number of methoxy groups -OCH3 is 1. The van der Waals surface area contributed by atoms with E-state index >= 15 is 0 Å². The molecule has 4 heteroatoms. The molecule has 0 heterocycles. The molecule has 3 aromatic carbocycles. The van der Waals surface area contributed by atoms with Gasteiger partial charge in [0.05, 0.1) is 25.4 Å². The molecule has 1 aliphatic carbocycles. The van der Waals surface area contributed by atoms with Gasteiger partial charge >= 0.3 is 5.97 Å². The lowest BCUT2D eigenvalue weighted by Crippen LogP contribution is -2.03. The number of carboxylic acids is 1. The largest absolute Gasteiger partial charge is 0.503 e. The van der Waals surface area contributed by atoms with Crippen molar-refractivity contribution in [2.75, 3.05) is 13.7 Å². The van der Waals surface area contributed by atoms with E-state index in [2.05, 4.69) is 24.0 Å². The molecule has 1 saturated carbocycles. The van der Waals surface area contributed by atoms with Crippen molar-refractivity contribution < 1.29 is 19.4 Å². The monoisotopic (exact) mass is 412 g/mol. The average Bonchev–Trinajstić information content (AvgIpc) is 3.57. The first-order chi connectivity index (χ1) is 15.1. The van der Waals surface area contributed by atoms with Crippen molar-refractivity contribution in [2.24, 2.45) is 0 Å². The van der Waals surface area contributed by atoms with E-state index in [9.17, 15) is 9.90 Å². The lowest BCUT2D eigenvalue weighted by molar-refractivity contribution is -0.130. The summed E-state index contributed by atoms with van der Waals surface area (Å²) in [4.78, 5) is 11.7. The van der Waals surface area contributed by atoms with Crippen LogP contribution in [0.3, 0.4) is 0 Å². The number of ether oxygens (including phenoxy) is 2. The van der Waals surface area contributed by atoms with Gasteiger partial charge in [-0.1, -0.05) is 48.2 Å². The van der Waals surface area contributed by atoms with Crippen molar-refractivity contribution in [1.29, 1.82) is 0 Å². The Hall–Kier alpha value is -3.71. The first-order valence-corrected chi connectivity index (χ1v) is 10.3. The summed E-state index contributed by atoms with van der Waals surface area (Å²) in [7, 11) is 1.45. The van der Waals surface area contributed by atoms with Crippen LogP contribution >= 0.6 is 0 Å². The van der Waals surface area contributed by atoms with Gasteiger partial charge in [0, 0.05) is 5.56 Å². The minimum Gasteiger partial charge on any atom is -0.503 e. The van der Waals surface area contributed by atoms with Crippen LogP contribution in [-0.4, -0.2) is 24.8 Å². The predicted octanol–water partition coefficient (Wildman–Crippen LogP) is 5.39. The van der Waals surface area contributed by atoms with E-state index in [0.717, 1.165) is 34.9 Å². The number of carboxylic acid groups (broad SMARTS) is 1. The maximum absolute atomic E-state index is 11.7. The Morgan fingerprint density at radius 1 is 1.13 bits per heavy atom. The summed E-state index contributed by atoms with van der Waals surface area (Å²) in [6.45, 7) is 2.62. The number of hydrogen-bond donors (Lipinski definition) is 1. The van der Waals surface area contributed by atoms with Gasteiger partial charge in [0.15, 0.2) is 0 Å². The molecule has 0 aromatic heterocycles. The zero-order chi connectivity index (χ0) is 21.8. The number of aliphatic carboxylic acids is 1. The van der Waals surface area contributed by atoms with Gasteiger partial charge in [-0.2, -0.15) is 0 Å². The quantitative estimate of drug-likeness (QED) is 0.335. The Morgan fingerprint density at radius 2 is 1.90 bits per heavy atom. The highest BCUT2D eigenvalue weighted by Gasteiger charge is 2.42. The molecular weight excluding hydrogens is 388 g/mol. The third-order valence-corrected chi connectivity index (χ3v) is 5.55. The van der Waals surface area contributed by atoms with Gasteiger partial charge in [-0.25, -0.2) is 4.79 Å². The molecule has 1 N–H and O–H groups in total. The third-order valence-electron chi connectivity index (χ3n) is 5.55. The van der Waals surface area contributed by atoms with Gasteiger partial charge in [-0.05, 0) is 65.9 Å². The Morgan fingerprint density at radius 3 is 2.55 bits per heavy atom. The lowest BCUT2D eigenvalue weighted by Gasteiger charge is -2.10. The Balaban J connectivity index is 1.69. The molecule has 0 amide bonds. The molecule has 1 fully saturated rings. The molecule has 31 heavy (non-hydrogen) atoms. The van der Waals surface area contributed by atoms with Crippen molar-refractivity contribution >= 4 is 22.3 Å². The smallest absolute Gasteiger partial charge is 0.339 e. The van der Waals surface area contributed by atoms with Crippen LogP contribution in [0.2, 0.25) is 0 Å². The molecule has 0 bridgehead atoms. The molecule has 4 nitrogen and oxygen atoms in total. The van der Waals surface area contributed by atoms with Crippen LogP contribution in [0.15, 0.2) is 66.9 Å². The fraction of sp³-hybridized carbons (Fsp3) is 0.222. The summed E-state index contributed by atoms with van der Waals surface area (Å²) >= 11 is 0. The van der Waals surface area contributed by atoms with E-state index < -0.39 is 5.97 Å². The average molecular weight is 412 g/mol. The Labute approximate surface area is 182 Å². The second-order valence-electron chi connectivity index (χ2n) is 7.60. The van der Waals surface area contributed by atoms with E-state index in [1.807, 2.05) is 49.4 Å². The van der Waals surface area contributed by atoms with Crippen molar-refractivity contribution in [3.8, 4) is 17.6 Å². The fourth-order valence-electron chi connectivity index (χ4n) is 3.77. The van der Waals surface area contributed by atoms with E-state index in [1.165, 1.54) is 18.9 Å². The normalized spacial score (nSPS) is 14.5. The highest BCUT2D eigenvalue weighted by molar-refractivity contribution is 6.19. The van der Waals surface area contributed by atoms with Crippen molar-refractivity contribution in [3.05, 3.63) is 83.6 Å². The molecule has 0 radical (unpaired) electrons. The van der Waals surface area contributed by atoms with Gasteiger partial charge in [0.25, 0.3) is 0 Å². The van der Waals surface area contributed by atoms with Crippen molar-refractivity contribution in [2.45, 2.75) is 25.2 Å². The summed E-state index contributed by atoms with van der Waals surface area (Å²) in [5, 5.41) is 11.4. The van der Waals surface area contributed by atoms with E-state index in [4.69, 9.17) is 9.47 Å². The van der Waals surface area contributed by atoms with Crippen LogP contribution in [0.25, 0.3) is 16.3 Å². The van der Waals surface area contributed by atoms with Gasteiger partial charge in [0.2, 0.25) is 0 Å². The summed E-state index contributed by atoms with van der Waals surface area (Å²) in [6, 6.07) is 19.7. The molecule has 0 atom stereocenters. The zero-order valence-corrected chi connectivity index (χ0v) is 17.6. The topological polar surface area (TPSA) is 55.8 Å². The van der Waals surface area contributed by atoms with Crippen LogP contribution < -0.4 is 4.74 Å². The molecule has 0 saturated heterocycles. The molecule has 0 unspecified atom stereocenters. The van der Waals surface area contributed by atoms with E-state index in [-0.39, 0.29) is 11.0 Å². The Bertz CT molecular complexity index is 1210. The summed E-state index contributed by atoms with van der Waals surface area (Å²) in [5.41, 5.74) is 2.69. The Kier molecular flexibility index (Phi) is 5.68. The maximum Gasteiger partial charge on any atom is 0.339 e. The molecule has 4 rings (SSSR count). The van der Waals surface area contributed by atoms with Crippen LogP contribution in [-0.2, 0) is 14.9 Å². The van der Waals surface area contributed by atoms with Gasteiger partial charge in [-0.15, -0.1) is 0 Å². The number of carbonyl (C=O) groups is 1. The minimum atomic E-state index is -1.03. The number of rotatable bonds is 6. The highest BCUT2D eigenvalue weighted by Crippen LogP contribution is 2.48. The molecule has 0 spiro atoms. The number of benzene rings is 3. The predicted molar refractivity (Wildman–Crippen MR) is 122 cm³/mol. The van der Waals surface area contributed by atoms with Gasteiger partial charge in [-0.3, -0.25) is 0 Å². The second-order valence-corrected chi connectivity index (χ2v) is 7.60.